The predicted octanol–water partition coefficient (Wildman–Crippen LogP) is 7.33. The van der Waals surface area contributed by atoms with E-state index in [1.807, 2.05) is 34.3 Å². The molecule has 6 heteroatoms. The lowest BCUT2D eigenvalue weighted by atomic mass is 9.86. The molecule has 1 N–H and O–H groups in total. The van der Waals surface area contributed by atoms with E-state index in [9.17, 15) is 5.11 Å². The molecule has 0 saturated carbocycles. The Morgan fingerprint density at radius 3 is 1.48 bits per heavy atom. The summed E-state index contributed by atoms with van der Waals surface area (Å²) in [4.78, 5) is 4.13. The van der Waals surface area contributed by atoms with Crippen LogP contribution in [-0.2, 0) is 5.41 Å². The molecule has 5 aromatic carbocycles. The highest BCUT2D eigenvalue weighted by molar-refractivity contribution is 7.80. The van der Waals surface area contributed by atoms with Gasteiger partial charge in [-0.3, -0.25) is 9.80 Å². The summed E-state index contributed by atoms with van der Waals surface area (Å²) in [6, 6.07) is 31.6. The topological polar surface area (TPSA) is 45.2 Å². The first-order chi connectivity index (χ1) is 20.9. The number of benzene rings is 5. The molecule has 0 heterocycles. The summed E-state index contributed by atoms with van der Waals surface area (Å²) in [5.74, 6) is 1.98. The maximum absolute atomic E-state index is 12.1. The van der Waals surface area contributed by atoms with Crippen molar-refractivity contribution in [3.8, 4) is 17.2 Å². The number of para-hydroxylation sites is 1. The molecule has 0 saturated heterocycles. The first-order valence-corrected chi connectivity index (χ1v) is 16.5. The fourth-order valence-corrected chi connectivity index (χ4v) is 7.87. The number of fused-ring (bicyclic) bond motifs is 2. The molecule has 0 bridgehead atoms. The highest BCUT2D eigenvalue weighted by atomic mass is 31.1. The number of hydrogen-bond acceptors (Lipinski definition) is 5. The quantitative estimate of drug-likeness (QED) is 0.140. The molecule has 0 aliphatic carbocycles. The molecule has 5 rings (SSSR count). The van der Waals surface area contributed by atoms with Crippen LogP contribution in [-0.4, -0.2) is 55.6 Å². The first kappa shape index (κ1) is 31.8. The zero-order valence-electron chi connectivity index (χ0n) is 27.4. The van der Waals surface area contributed by atoms with Crippen molar-refractivity contribution < 1.29 is 14.6 Å². The van der Waals surface area contributed by atoms with Gasteiger partial charge in [0.25, 0.3) is 0 Å². The van der Waals surface area contributed by atoms with E-state index < -0.39 is 7.92 Å². The second-order valence-electron chi connectivity index (χ2n) is 12.9. The Hall–Kier alpha value is -3.63. The van der Waals surface area contributed by atoms with Crippen LogP contribution in [0.3, 0.4) is 0 Å². The van der Waals surface area contributed by atoms with Gasteiger partial charge in [-0.1, -0.05) is 99.6 Å². The minimum Gasteiger partial charge on any atom is -0.507 e. The largest absolute Gasteiger partial charge is 0.507 e. The van der Waals surface area contributed by atoms with Gasteiger partial charge in [0, 0.05) is 26.7 Å². The van der Waals surface area contributed by atoms with Gasteiger partial charge in [-0.25, -0.2) is 0 Å². The van der Waals surface area contributed by atoms with Gasteiger partial charge in [-0.2, -0.15) is 0 Å². The number of hydrogen-bond donors (Lipinski definition) is 1. The minimum atomic E-state index is -1.35. The molecular weight excluding hydrogens is 563 g/mol. The number of nitrogens with zero attached hydrogens (tertiary/aromatic N) is 2. The van der Waals surface area contributed by atoms with Gasteiger partial charge in [0.2, 0.25) is 0 Å². The Balaban J connectivity index is 1.90. The molecule has 0 aromatic heterocycles. The maximum atomic E-state index is 12.1. The molecule has 44 heavy (non-hydrogen) atoms. The summed E-state index contributed by atoms with van der Waals surface area (Å²) >= 11 is 0. The van der Waals surface area contributed by atoms with Crippen LogP contribution < -0.4 is 25.4 Å². The Morgan fingerprint density at radius 1 is 0.591 bits per heavy atom. The van der Waals surface area contributed by atoms with Gasteiger partial charge in [-0.15, -0.1) is 0 Å². The van der Waals surface area contributed by atoms with E-state index in [4.69, 9.17) is 9.47 Å². The maximum Gasteiger partial charge on any atom is 0.149 e. The van der Waals surface area contributed by atoms with Crippen molar-refractivity contribution >= 4 is 45.4 Å². The molecule has 0 fully saturated rings. The summed E-state index contributed by atoms with van der Waals surface area (Å²) in [6.07, 6.45) is -0.348. The lowest BCUT2D eigenvalue weighted by Gasteiger charge is -2.31. The molecule has 0 aliphatic heterocycles. The van der Waals surface area contributed by atoms with E-state index in [0.717, 1.165) is 54.5 Å². The Morgan fingerprint density at radius 2 is 1.05 bits per heavy atom. The Bertz CT molecular complexity index is 1680. The second-order valence-corrected chi connectivity index (χ2v) is 15.0. The van der Waals surface area contributed by atoms with Crippen LogP contribution >= 0.6 is 7.92 Å². The van der Waals surface area contributed by atoms with Crippen molar-refractivity contribution in [2.45, 2.75) is 52.5 Å². The third kappa shape index (κ3) is 6.28. The van der Waals surface area contributed by atoms with Crippen molar-refractivity contribution in [2.75, 3.05) is 28.2 Å². The van der Waals surface area contributed by atoms with E-state index in [2.05, 4.69) is 129 Å². The molecule has 5 aromatic rings. The number of aromatic hydroxyl groups is 1. The first-order valence-electron chi connectivity index (χ1n) is 15.2. The average molecular weight is 609 g/mol. The summed E-state index contributed by atoms with van der Waals surface area (Å²) in [5.41, 5.74) is 0.670. The van der Waals surface area contributed by atoms with Crippen molar-refractivity contribution in [3.05, 3.63) is 96.6 Å². The molecule has 0 aliphatic rings. The van der Waals surface area contributed by atoms with Crippen LogP contribution in [0.5, 0.6) is 17.2 Å². The summed E-state index contributed by atoms with van der Waals surface area (Å²) < 4.78 is 13.7. The number of rotatable bonds is 9. The van der Waals surface area contributed by atoms with Gasteiger partial charge < -0.3 is 14.6 Å². The van der Waals surface area contributed by atoms with E-state index in [0.29, 0.717) is 5.75 Å². The monoisotopic (exact) mass is 608 g/mol. The van der Waals surface area contributed by atoms with Crippen LogP contribution in [0.1, 0.15) is 40.2 Å². The van der Waals surface area contributed by atoms with E-state index in [1.165, 1.54) is 0 Å². The van der Waals surface area contributed by atoms with E-state index in [1.54, 1.807) is 0 Å². The van der Waals surface area contributed by atoms with Gasteiger partial charge in [-0.05, 0) is 83.8 Å². The van der Waals surface area contributed by atoms with Gasteiger partial charge in [0.1, 0.15) is 29.7 Å². The predicted molar refractivity (Wildman–Crippen MR) is 188 cm³/mol. The third-order valence-corrected chi connectivity index (χ3v) is 10.8. The van der Waals surface area contributed by atoms with Crippen LogP contribution in [0, 0.1) is 0 Å². The molecule has 5 nitrogen and oxygen atoms in total. The summed E-state index contributed by atoms with van der Waals surface area (Å²) in [6.45, 7) is 10.5. The summed E-state index contributed by atoms with van der Waals surface area (Å²) in [7, 11) is 6.74. The van der Waals surface area contributed by atoms with Gasteiger partial charge in [0.15, 0.2) is 0 Å². The van der Waals surface area contributed by atoms with Crippen molar-refractivity contribution in [1.29, 1.82) is 0 Å². The molecule has 2 unspecified atom stereocenters. The Labute approximate surface area is 263 Å². The highest BCUT2D eigenvalue weighted by Crippen LogP contribution is 2.47. The molecule has 0 spiro atoms. The SMILES string of the molecule is CC(Oc1c(P(c2cccc(C(C)(C)C)c2O)c2ccc3ccccc3c2OC(C)N(C)C)ccc2ccccc12)N(C)C. The number of phenols is 1. The lowest BCUT2D eigenvalue weighted by molar-refractivity contribution is 0.0840. The molecule has 0 radical (unpaired) electrons. The Kier molecular flexibility index (Phi) is 9.23. The second kappa shape index (κ2) is 12.8. The lowest BCUT2D eigenvalue weighted by Crippen LogP contribution is -2.34. The normalized spacial score (nSPS) is 14.2. The fourth-order valence-electron chi connectivity index (χ4n) is 5.32. The van der Waals surface area contributed by atoms with E-state index >= 15 is 0 Å². The minimum absolute atomic E-state index is 0.174. The van der Waals surface area contributed by atoms with Crippen LogP contribution in [0.25, 0.3) is 21.5 Å². The van der Waals surface area contributed by atoms with Crippen molar-refractivity contribution in [2.24, 2.45) is 0 Å². The van der Waals surface area contributed by atoms with E-state index in [-0.39, 0.29) is 17.9 Å². The fraction of sp³-hybridized carbons (Fsp3) is 0.316. The smallest absolute Gasteiger partial charge is 0.149 e. The molecule has 230 valence electrons. The standard InChI is InChI=1S/C38H45N2O3P/c1-25(39(6)7)42-36-29-17-12-10-15-27(29)21-23-33(36)44(32-20-14-19-31(35(32)41)38(3,4)5)34-24-22-28-16-11-13-18-30(28)37(34)43-26(2)40(8)9/h10-26,41H,1-9H3. The third-order valence-electron chi connectivity index (χ3n) is 8.29. The number of phenolic OH excluding ortho intramolecular Hbond substituents is 1. The van der Waals surface area contributed by atoms with Crippen LogP contribution in [0.15, 0.2) is 91.0 Å². The zero-order valence-corrected chi connectivity index (χ0v) is 28.3. The highest BCUT2D eigenvalue weighted by Gasteiger charge is 2.32. The average Bonchev–Trinajstić information content (AvgIpc) is 2.98. The van der Waals surface area contributed by atoms with Gasteiger partial charge in [0.05, 0.1) is 0 Å². The molecular formula is C38H45N2O3P. The van der Waals surface area contributed by atoms with Crippen LogP contribution in [0.4, 0.5) is 0 Å². The molecule has 2 atom stereocenters. The zero-order chi connectivity index (χ0) is 31.8. The number of ether oxygens (including phenoxy) is 2. The molecule has 0 amide bonds. The van der Waals surface area contributed by atoms with Crippen molar-refractivity contribution in [1.82, 2.24) is 9.80 Å². The van der Waals surface area contributed by atoms with Crippen LogP contribution in [0.2, 0.25) is 0 Å². The van der Waals surface area contributed by atoms with Gasteiger partial charge >= 0.3 is 0 Å². The van der Waals surface area contributed by atoms with Crippen molar-refractivity contribution in [3.63, 3.8) is 0 Å². The summed E-state index contributed by atoms with van der Waals surface area (Å²) in [5, 5.41) is 19.3.